The standard InChI is InChI=1S/C19H13F4N5O2/c1-8-13-12(4-3-11(20)15(13)21)28-17(29)14(8)19(22,23)18(30)26-9(2)16-25-6-5-10(7-24)27-16/h3-6,9H,1-2H3,(H,26,30)(H,28,29)/t9-/m1/s1. The summed E-state index contributed by atoms with van der Waals surface area (Å²) >= 11 is 0. The number of carbonyl (C=O) groups excluding carboxylic acids is 1. The van der Waals surface area contributed by atoms with E-state index in [1.165, 1.54) is 19.2 Å². The molecule has 11 heteroatoms. The number of hydrogen-bond acceptors (Lipinski definition) is 5. The van der Waals surface area contributed by atoms with Crippen LogP contribution in [0, 0.1) is 29.9 Å². The molecule has 0 aliphatic rings. The molecule has 2 heterocycles. The van der Waals surface area contributed by atoms with Gasteiger partial charge in [0.1, 0.15) is 11.8 Å². The van der Waals surface area contributed by atoms with Crippen LogP contribution in [0.3, 0.4) is 0 Å². The molecule has 0 aliphatic carbocycles. The van der Waals surface area contributed by atoms with Crippen LogP contribution in [-0.2, 0) is 10.7 Å². The summed E-state index contributed by atoms with van der Waals surface area (Å²) in [5, 5.41) is 10.3. The minimum absolute atomic E-state index is 0.0350. The zero-order chi connectivity index (χ0) is 22.2. The number of nitriles is 1. The van der Waals surface area contributed by atoms with E-state index in [0.717, 1.165) is 19.1 Å². The van der Waals surface area contributed by atoms with Gasteiger partial charge < -0.3 is 10.3 Å². The number of hydrogen-bond donors (Lipinski definition) is 2. The first-order valence-corrected chi connectivity index (χ1v) is 8.50. The van der Waals surface area contributed by atoms with Crippen molar-refractivity contribution >= 4 is 16.8 Å². The number of aryl methyl sites for hydroxylation is 1. The molecular formula is C19H13F4N5O2. The van der Waals surface area contributed by atoms with Gasteiger partial charge in [-0.15, -0.1) is 0 Å². The molecule has 2 aromatic heterocycles. The number of nitrogens with zero attached hydrogens (tertiary/aromatic N) is 3. The van der Waals surface area contributed by atoms with E-state index in [0.29, 0.717) is 0 Å². The Morgan fingerprint density at radius 3 is 2.67 bits per heavy atom. The van der Waals surface area contributed by atoms with Crippen LogP contribution in [0.5, 0.6) is 0 Å². The fourth-order valence-electron chi connectivity index (χ4n) is 2.99. The average Bonchev–Trinajstić information content (AvgIpc) is 2.70. The maximum Gasteiger partial charge on any atom is 0.355 e. The third kappa shape index (κ3) is 3.47. The zero-order valence-electron chi connectivity index (χ0n) is 15.6. The molecule has 7 nitrogen and oxygen atoms in total. The lowest BCUT2D eigenvalue weighted by atomic mass is 9.98. The zero-order valence-corrected chi connectivity index (χ0v) is 15.6. The van der Waals surface area contributed by atoms with Gasteiger partial charge in [-0.1, -0.05) is 0 Å². The summed E-state index contributed by atoms with van der Waals surface area (Å²) in [5.41, 5.74) is -3.42. The second-order valence-corrected chi connectivity index (χ2v) is 6.42. The predicted octanol–water partition coefficient (Wildman–Crippen LogP) is 2.75. The van der Waals surface area contributed by atoms with Crippen molar-refractivity contribution in [1.82, 2.24) is 20.3 Å². The Morgan fingerprint density at radius 2 is 2.00 bits per heavy atom. The van der Waals surface area contributed by atoms with Crippen molar-refractivity contribution in [3.05, 3.63) is 69.0 Å². The number of aromatic nitrogens is 3. The van der Waals surface area contributed by atoms with Gasteiger partial charge >= 0.3 is 5.92 Å². The monoisotopic (exact) mass is 419 g/mol. The summed E-state index contributed by atoms with van der Waals surface area (Å²) < 4.78 is 57.6. The Kier molecular flexibility index (Phi) is 5.26. The van der Waals surface area contributed by atoms with E-state index in [1.807, 2.05) is 10.3 Å². The molecule has 0 saturated carbocycles. The van der Waals surface area contributed by atoms with Crippen molar-refractivity contribution in [2.45, 2.75) is 25.8 Å². The van der Waals surface area contributed by atoms with Gasteiger partial charge in [0.25, 0.3) is 11.5 Å². The van der Waals surface area contributed by atoms with Crippen molar-refractivity contribution in [3.8, 4) is 6.07 Å². The summed E-state index contributed by atoms with van der Waals surface area (Å²) in [7, 11) is 0. The lowest BCUT2D eigenvalue weighted by Gasteiger charge is -2.21. The highest BCUT2D eigenvalue weighted by molar-refractivity contribution is 5.89. The number of fused-ring (bicyclic) bond motifs is 1. The molecule has 154 valence electrons. The van der Waals surface area contributed by atoms with Gasteiger partial charge in [-0.25, -0.2) is 18.7 Å². The maximum absolute atomic E-state index is 14.9. The molecule has 30 heavy (non-hydrogen) atoms. The molecule has 1 aromatic carbocycles. The summed E-state index contributed by atoms with van der Waals surface area (Å²) in [6, 6.07) is 3.68. The summed E-state index contributed by atoms with van der Waals surface area (Å²) in [4.78, 5) is 34.2. The summed E-state index contributed by atoms with van der Waals surface area (Å²) in [5.74, 6) is -9.07. The lowest BCUT2D eigenvalue weighted by molar-refractivity contribution is -0.148. The third-order valence-electron chi connectivity index (χ3n) is 4.44. The largest absolute Gasteiger partial charge is 0.355 e. The minimum atomic E-state index is -4.38. The number of pyridine rings is 1. The first-order chi connectivity index (χ1) is 14.1. The molecule has 0 radical (unpaired) electrons. The van der Waals surface area contributed by atoms with Gasteiger partial charge in [0.15, 0.2) is 17.5 Å². The van der Waals surface area contributed by atoms with Crippen molar-refractivity contribution in [2.24, 2.45) is 0 Å². The first-order valence-electron chi connectivity index (χ1n) is 8.50. The van der Waals surface area contributed by atoms with Gasteiger partial charge in [-0.2, -0.15) is 14.0 Å². The van der Waals surface area contributed by atoms with Crippen molar-refractivity contribution < 1.29 is 22.4 Å². The summed E-state index contributed by atoms with van der Waals surface area (Å²) in [6.07, 6.45) is 1.22. The van der Waals surface area contributed by atoms with Gasteiger partial charge in [0.05, 0.1) is 17.1 Å². The van der Waals surface area contributed by atoms with E-state index in [4.69, 9.17) is 5.26 Å². The molecule has 0 spiro atoms. The van der Waals surface area contributed by atoms with E-state index in [1.54, 1.807) is 6.07 Å². The van der Waals surface area contributed by atoms with Crippen LogP contribution in [-0.4, -0.2) is 20.9 Å². The van der Waals surface area contributed by atoms with Gasteiger partial charge in [-0.05, 0) is 37.6 Å². The smallest absolute Gasteiger partial charge is 0.341 e. The molecule has 0 saturated heterocycles. The Bertz CT molecular complexity index is 1270. The number of rotatable bonds is 4. The van der Waals surface area contributed by atoms with Crippen molar-refractivity contribution in [2.75, 3.05) is 0 Å². The fraction of sp³-hybridized carbons (Fsp3) is 0.211. The highest BCUT2D eigenvalue weighted by Gasteiger charge is 2.46. The first kappa shape index (κ1) is 20.9. The van der Waals surface area contributed by atoms with Gasteiger partial charge in [0, 0.05) is 11.6 Å². The van der Waals surface area contributed by atoms with E-state index in [2.05, 4.69) is 9.97 Å². The molecular weight excluding hydrogens is 406 g/mol. The van der Waals surface area contributed by atoms with Crippen LogP contribution in [0.1, 0.15) is 35.6 Å². The normalized spacial score (nSPS) is 12.4. The second-order valence-electron chi connectivity index (χ2n) is 6.42. The summed E-state index contributed by atoms with van der Waals surface area (Å²) in [6.45, 7) is 2.30. The van der Waals surface area contributed by atoms with E-state index in [-0.39, 0.29) is 17.0 Å². The quantitative estimate of drug-likeness (QED) is 0.632. The number of halogens is 4. The maximum atomic E-state index is 14.9. The molecule has 1 amide bonds. The highest BCUT2D eigenvalue weighted by atomic mass is 19.3. The minimum Gasteiger partial charge on any atom is -0.341 e. The van der Waals surface area contributed by atoms with E-state index < -0.39 is 51.6 Å². The Labute approximate surface area is 166 Å². The van der Waals surface area contributed by atoms with Crippen molar-refractivity contribution in [3.63, 3.8) is 0 Å². The molecule has 3 rings (SSSR count). The molecule has 2 N–H and O–H groups in total. The van der Waals surface area contributed by atoms with Crippen LogP contribution in [0.2, 0.25) is 0 Å². The number of nitrogens with one attached hydrogen (secondary N) is 2. The molecule has 0 aliphatic heterocycles. The molecule has 1 atom stereocenters. The topological polar surface area (TPSA) is 112 Å². The predicted molar refractivity (Wildman–Crippen MR) is 96.4 cm³/mol. The third-order valence-corrected chi connectivity index (χ3v) is 4.44. The van der Waals surface area contributed by atoms with Crippen LogP contribution in [0.25, 0.3) is 10.9 Å². The second kappa shape index (κ2) is 7.55. The number of benzene rings is 1. The molecule has 3 aromatic rings. The van der Waals surface area contributed by atoms with Crippen LogP contribution >= 0.6 is 0 Å². The lowest BCUT2D eigenvalue weighted by Crippen LogP contribution is -2.43. The molecule has 0 bridgehead atoms. The van der Waals surface area contributed by atoms with Gasteiger partial charge in [-0.3, -0.25) is 9.59 Å². The number of aromatic amines is 1. The Hall–Kier alpha value is -3.81. The molecule has 0 fully saturated rings. The number of H-pyrrole nitrogens is 1. The number of carbonyl (C=O) groups is 1. The SMILES string of the molecule is Cc1c(C(F)(F)C(=O)N[C@H](C)c2nccc(C#N)n2)c(=O)[nH]c2ccc(F)c(F)c12. The molecule has 0 unspecified atom stereocenters. The van der Waals surface area contributed by atoms with E-state index in [9.17, 15) is 27.2 Å². The van der Waals surface area contributed by atoms with Crippen LogP contribution in [0.15, 0.2) is 29.2 Å². The number of alkyl halides is 2. The number of amides is 1. The average molecular weight is 419 g/mol. The van der Waals surface area contributed by atoms with E-state index >= 15 is 0 Å². The highest BCUT2D eigenvalue weighted by Crippen LogP contribution is 2.33. The Balaban J connectivity index is 2.03. The van der Waals surface area contributed by atoms with Crippen LogP contribution < -0.4 is 10.9 Å². The van der Waals surface area contributed by atoms with Gasteiger partial charge in [0.2, 0.25) is 0 Å². The van der Waals surface area contributed by atoms with Crippen molar-refractivity contribution in [1.29, 1.82) is 5.26 Å². The van der Waals surface area contributed by atoms with Crippen LogP contribution in [0.4, 0.5) is 17.6 Å². The fourth-order valence-corrected chi connectivity index (χ4v) is 2.99. The Morgan fingerprint density at radius 1 is 1.30 bits per heavy atom.